The summed E-state index contributed by atoms with van der Waals surface area (Å²) < 4.78 is 21.4. The van der Waals surface area contributed by atoms with Crippen LogP contribution in [-0.2, 0) is 63.7 Å². The minimum Gasteiger partial charge on any atom is -0.508 e. The Morgan fingerprint density at radius 1 is 0.514 bits per heavy atom. The van der Waals surface area contributed by atoms with Crippen molar-refractivity contribution in [2.45, 2.75) is 159 Å². The van der Waals surface area contributed by atoms with Gasteiger partial charge in [0.1, 0.15) is 25.0 Å². The third-order valence-electron chi connectivity index (χ3n) is 11.8. The average molecular weight is 1050 g/mol. The first-order valence-electron chi connectivity index (χ1n) is 26.4. The molecule has 2 radical (unpaired) electrons. The number of benzene rings is 1. The number of carboxylic acids is 2. The monoisotopic (exact) mass is 1050 g/mol. The van der Waals surface area contributed by atoms with E-state index in [0.29, 0.717) is 32.2 Å². The maximum atomic E-state index is 12.7. The normalized spacial score (nSPS) is 12.3. The van der Waals surface area contributed by atoms with Crippen molar-refractivity contribution in [3.05, 3.63) is 36.9 Å². The number of nitrogens with two attached hydrogens (primary N) is 1. The predicted octanol–water partition coefficient (Wildman–Crippen LogP) is 2.84. The van der Waals surface area contributed by atoms with Gasteiger partial charge in [0.25, 0.3) is 0 Å². The Balaban J connectivity index is 1.95. The van der Waals surface area contributed by atoms with E-state index in [9.17, 15) is 48.6 Å². The maximum Gasteiger partial charge on any atom is 0.326 e. The Bertz CT molecular complexity index is 1720. The number of ketones is 1. The Morgan fingerprint density at radius 3 is 1.50 bits per heavy atom. The SMILES string of the molecule is [CH]N[C@@H](CCCCNC(=O)COCCOCCNC(=O)COCCOCCNC(=O)CCC(NC(=O)CCCCCCCCCCCCCCCCC(=O)O)C(=O)O)C(=O)CN[C@@H](Cc1ccc(O)cc1)C(N)=O. The van der Waals surface area contributed by atoms with Crippen LogP contribution in [0.4, 0.5) is 0 Å². The van der Waals surface area contributed by atoms with Crippen molar-refractivity contribution in [1.29, 1.82) is 0 Å². The minimum atomic E-state index is -1.19. The van der Waals surface area contributed by atoms with Crippen molar-refractivity contribution in [3.63, 3.8) is 0 Å². The zero-order chi connectivity index (χ0) is 54.4. The van der Waals surface area contributed by atoms with Gasteiger partial charge >= 0.3 is 11.9 Å². The molecule has 0 bridgehead atoms. The van der Waals surface area contributed by atoms with Crippen LogP contribution in [0.1, 0.15) is 140 Å². The maximum absolute atomic E-state index is 12.7. The number of amides is 5. The molecule has 1 aromatic rings. The number of unbranched alkanes of at least 4 members (excludes halogenated alkanes) is 14. The van der Waals surface area contributed by atoms with Gasteiger partial charge in [-0.05, 0) is 62.6 Å². The molecule has 74 heavy (non-hydrogen) atoms. The molecule has 1 rings (SSSR count). The molecule has 5 amide bonds. The summed E-state index contributed by atoms with van der Waals surface area (Å²) in [6.07, 6.45) is 17.1. The van der Waals surface area contributed by atoms with Gasteiger partial charge < -0.3 is 66.6 Å². The van der Waals surface area contributed by atoms with Gasteiger partial charge in [0.2, 0.25) is 29.5 Å². The number of carbonyl (C=O) groups is 8. The quantitative estimate of drug-likeness (QED) is 0.0331. The third-order valence-corrected chi connectivity index (χ3v) is 11.8. The molecule has 0 aliphatic rings. The molecule has 0 aromatic heterocycles. The van der Waals surface area contributed by atoms with E-state index in [1.165, 1.54) is 50.7 Å². The van der Waals surface area contributed by atoms with E-state index in [-0.39, 0.29) is 140 Å². The topological polar surface area (TPSA) is 332 Å². The van der Waals surface area contributed by atoms with Crippen LogP contribution in [0.3, 0.4) is 0 Å². The molecule has 0 heterocycles. The van der Waals surface area contributed by atoms with E-state index in [4.69, 9.17) is 36.8 Å². The third kappa shape index (κ3) is 39.2. The number of hydrogen-bond acceptors (Lipinski definition) is 15. The first-order valence-corrected chi connectivity index (χ1v) is 26.4. The van der Waals surface area contributed by atoms with E-state index < -0.39 is 36.0 Å². The van der Waals surface area contributed by atoms with Crippen molar-refractivity contribution in [3.8, 4) is 5.75 Å². The fourth-order valence-corrected chi connectivity index (χ4v) is 7.49. The summed E-state index contributed by atoms with van der Waals surface area (Å²) in [5, 5.41) is 43.6. The van der Waals surface area contributed by atoms with Crippen molar-refractivity contribution >= 4 is 47.3 Å². The highest BCUT2D eigenvalue weighted by Gasteiger charge is 2.22. The smallest absolute Gasteiger partial charge is 0.326 e. The number of primary amides is 1. The Labute approximate surface area is 437 Å². The van der Waals surface area contributed by atoms with Crippen LogP contribution in [0.2, 0.25) is 0 Å². The zero-order valence-electron chi connectivity index (χ0n) is 43.5. The lowest BCUT2D eigenvalue weighted by atomic mass is 10.0. The molecular formula is C52H87N7O15. The molecule has 1 aromatic carbocycles. The molecule has 0 saturated heterocycles. The fraction of sp³-hybridized carbons (Fsp3) is 0.712. The Kier molecular flexibility index (Phi) is 40.7. The second-order valence-electron chi connectivity index (χ2n) is 18.1. The number of aromatic hydroxyl groups is 1. The number of hydrogen-bond donors (Lipinski definition) is 10. The predicted molar refractivity (Wildman–Crippen MR) is 275 cm³/mol. The lowest BCUT2D eigenvalue weighted by molar-refractivity contribution is -0.142. The van der Waals surface area contributed by atoms with E-state index in [1.54, 1.807) is 12.1 Å². The average Bonchev–Trinajstić information content (AvgIpc) is 3.36. The van der Waals surface area contributed by atoms with Gasteiger partial charge in [0.15, 0.2) is 5.78 Å². The number of phenolic OH excluding ortho intramolecular Hbond substituents is 1. The summed E-state index contributed by atoms with van der Waals surface area (Å²) in [6.45, 7) is 1.41. The lowest BCUT2D eigenvalue weighted by Crippen LogP contribution is -2.48. The summed E-state index contributed by atoms with van der Waals surface area (Å²) in [7, 11) is 5.59. The first-order chi connectivity index (χ1) is 35.7. The molecule has 0 fully saturated rings. The number of carboxylic acid groups (broad SMARTS) is 2. The molecule has 0 aliphatic heterocycles. The Hall–Kier alpha value is -5.26. The highest BCUT2D eigenvalue weighted by molar-refractivity contribution is 5.87. The summed E-state index contributed by atoms with van der Waals surface area (Å²) in [6, 6.07) is 3.72. The molecule has 22 heteroatoms. The molecule has 0 saturated carbocycles. The largest absolute Gasteiger partial charge is 0.508 e. The van der Waals surface area contributed by atoms with E-state index in [0.717, 1.165) is 50.5 Å². The molecule has 420 valence electrons. The second kappa shape index (κ2) is 45.2. The molecule has 11 N–H and O–H groups in total. The number of ether oxygens (including phenoxy) is 4. The number of rotatable bonds is 51. The summed E-state index contributed by atoms with van der Waals surface area (Å²) in [4.78, 5) is 95.5. The van der Waals surface area contributed by atoms with Gasteiger partial charge in [0, 0.05) is 45.9 Å². The van der Waals surface area contributed by atoms with Crippen molar-refractivity contribution in [2.24, 2.45) is 5.73 Å². The molecule has 3 atom stereocenters. The molecule has 1 unspecified atom stereocenters. The zero-order valence-corrected chi connectivity index (χ0v) is 43.5. The molecular weight excluding hydrogens is 963 g/mol. The highest BCUT2D eigenvalue weighted by atomic mass is 16.5. The second-order valence-corrected chi connectivity index (χ2v) is 18.1. The number of nitrogens with one attached hydrogen (secondary N) is 6. The van der Waals surface area contributed by atoms with Gasteiger partial charge in [-0.1, -0.05) is 89.2 Å². The van der Waals surface area contributed by atoms with E-state index >= 15 is 0 Å². The first kappa shape index (κ1) is 66.8. The van der Waals surface area contributed by atoms with Crippen LogP contribution in [0.5, 0.6) is 5.75 Å². The molecule has 0 spiro atoms. The number of carbonyl (C=O) groups excluding carboxylic acids is 6. The summed E-state index contributed by atoms with van der Waals surface area (Å²) in [5.41, 5.74) is 6.26. The Morgan fingerprint density at radius 2 is 1.00 bits per heavy atom. The molecule has 0 aliphatic carbocycles. The van der Waals surface area contributed by atoms with Crippen LogP contribution in [0.15, 0.2) is 24.3 Å². The highest BCUT2D eigenvalue weighted by Crippen LogP contribution is 2.15. The number of phenols is 1. The van der Waals surface area contributed by atoms with Gasteiger partial charge in [-0.15, -0.1) is 0 Å². The van der Waals surface area contributed by atoms with Crippen LogP contribution >= 0.6 is 0 Å². The fourth-order valence-electron chi connectivity index (χ4n) is 7.49. The van der Waals surface area contributed by atoms with Gasteiger partial charge in [-0.3, -0.25) is 38.9 Å². The number of Topliss-reactive ketones (excluding diaryl/α,β-unsaturated/α-hetero) is 1. The van der Waals surface area contributed by atoms with Crippen LogP contribution < -0.4 is 37.6 Å². The van der Waals surface area contributed by atoms with Crippen LogP contribution in [-0.4, -0.2) is 160 Å². The lowest BCUT2D eigenvalue weighted by Gasteiger charge is -2.19. The minimum absolute atomic E-state index is 0.0413. The van der Waals surface area contributed by atoms with Crippen molar-refractivity contribution in [2.75, 3.05) is 79.0 Å². The molecule has 22 nitrogen and oxygen atoms in total. The van der Waals surface area contributed by atoms with Gasteiger partial charge in [-0.2, -0.15) is 0 Å². The van der Waals surface area contributed by atoms with E-state index in [1.807, 2.05) is 0 Å². The summed E-state index contributed by atoms with van der Waals surface area (Å²) >= 11 is 0. The number of aliphatic carboxylic acids is 2. The van der Waals surface area contributed by atoms with E-state index in [2.05, 4.69) is 31.9 Å². The van der Waals surface area contributed by atoms with Gasteiger partial charge in [-0.25, -0.2) is 4.79 Å². The van der Waals surface area contributed by atoms with Crippen LogP contribution in [0, 0.1) is 7.05 Å². The standard InChI is InChI=1S/C52H87N7O15/c1-54-42(45(61)37-58-44(51(53)68)36-40-21-23-41(60)24-22-40)18-16-17-27-55-48(64)38-73-34-33-72-31-29-57-49(65)39-74-35-32-71-30-28-56-46(62)26-25-43(52(69)70)59-47(63)19-14-12-10-8-6-4-2-3-5-7-9-11-13-15-20-50(66)67/h1,21-24,42-44,54,58,60H,2-20,25-39H2,(H2,53,68)(H,55,64)(H,56,62)(H,57,65)(H,59,63)(H,66,67)(H,69,70)/t42-,43?,44-/m0/s1. The van der Waals surface area contributed by atoms with Crippen molar-refractivity contribution in [1.82, 2.24) is 31.9 Å². The van der Waals surface area contributed by atoms with Crippen LogP contribution in [0.25, 0.3) is 0 Å². The van der Waals surface area contributed by atoms with Crippen molar-refractivity contribution < 1.29 is 72.6 Å². The summed E-state index contributed by atoms with van der Waals surface area (Å²) in [5.74, 6) is -4.04. The van der Waals surface area contributed by atoms with Gasteiger partial charge in [0.05, 0.1) is 58.3 Å².